The summed E-state index contributed by atoms with van der Waals surface area (Å²) >= 11 is 6.20. The molecule has 0 bridgehead atoms. The molecule has 0 amide bonds. The van der Waals surface area contributed by atoms with Gasteiger partial charge in [-0.05, 0) is 25.1 Å². The van der Waals surface area contributed by atoms with Gasteiger partial charge in [-0.15, -0.1) is 11.6 Å². The van der Waals surface area contributed by atoms with Crippen LogP contribution in [0.3, 0.4) is 0 Å². The first-order valence-electron chi connectivity index (χ1n) is 6.74. The van der Waals surface area contributed by atoms with Crippen LogP contribution in [0.1, 0.15) is 17.9 Å². The summed E-state index contributed by atoms with van der Waals surface area (Å²) in [5.74, 6) is 1.56. The van der Waals surface area contributed by atoms with E-state index in [9.17, 15) is 0 Å². The van der Waals surface area contributed by atoms with Crippen LogP contribution in [0.2, 0.25) is 0 Å². The van der Waals surface area contributed by atoms with Gasteiger partial charge in [-0.1, -0.05) is 18.2 Å². The first-order valence-corrected chi connectivity index (χ1v) is 7.17. The first kappa shape index (κ1) is 14.6. The smallest absolute Gasteiger partial charge is 0.122 e. The predicted molar refractivity (Wildman–Crippen MR) is 78.3 cm³/mol. The molecule has 0 radical (unpaired) electrons. The van der Waals surface area contributed by atoms with E-state index >= 15 is 0 Å². The van der Waals surface area contributed by atoms with Gasteiger partial charge in [-0.2, -0.15) is 0 Å². The molecular formula is C15H22ClNO2. The Morgan fingerprint density at radius 1 is 1.47 bits per heavy atom. The molecule has 0 saturated heterocycles. The molecule has 0 spiro atoms. The Morgan fingerprint density at radius 2 is 2.26 bits per heavy atom. The van der Waals surface area contributed by atoms with Gasteiger partial charge in [-0.25, -0.2) is 0 Å². The van der Waals surface area contributed by atoms with E-state index in [0.29, 0.717) is 12.5 Å². The average Bonchev–Trinajstić information content (AvgIpc) is 2.39. The van der Waals surface area contributed by atoms with Crippen LogP contribution in [0.5, 0.6) is 5.75 Å². The molecule has 1 aliphatic heterocycles. The Hall–Kier alpha value is -0.770. The molecule has 1 aliphatic rings. The molecule has 2 unspecified atom stereocenters. The Labute approximate surface area is 120 Å². The molecule has 0 N–H and O–H groups in total. The monoisotopic (exact) mass is 283 g/mol. The maximum atomic E-state index is 6.20. The number of hydrogen-bond donors (Lipinski definition) is 0. The molecule has 106 valence electrons. The number of fused-ring (bicyclic) bond motifs is 1. The molecule has 0 fully saturated rings. The summed E-state index contributed by atoms with van der Waals surface area (Å²) < 4.78 is 10.8. The predicted octanol–water partition coefficient (Wildman–Crippen LogP) is 2.74. The molecule has 2 atom stereocenters. The maximum absolute atomic E-state index is 6.20. The van der Waals surface area contributed by atoms with Crippen LogP contribution in [0, 0.1) is 0 Å². The minimum Gasteiger partial charge on any atom is -0.493 e. The van der Waals surface area contributed by atoms with Crippen LogP contribution in [0.25, 0.3) is 0 Å². The minimum atomic E-state index is 0.0464. The summed E-state index contributed by atoms with van der Waals surface area (Å²) in [5, 5.41) is 0.0464. The van der Waals surface area contributed by atoms with E-state index in [1.54, 1.807) is 7.11 Å². The largest absolute Gasteiger partial charge is 0.493 e. The first-order chi connectivity index (χ1) is 9.20. The van der Waals surface area contributed by atoms with Crippen molar-refractivity contribution in [2.45, 2.75) is 17.7 Å². The van der Waals surface area contributed by atoms with Crippen molar-refractivity contribution < 1.29 is 9.47 Å². The van der Waals surface area contributed by atoms with Gasteiger partial charge < -0.3 is 14.4 Å². The topological polar surface area (TPSA) is 21.7 Å². The minimum absolute atomic E-state index is 0.0464. The number of halogens is 1. The van der Waals surface area contributed by atoms with Gasteiger partial charge in [0.05, 0.1) is 18.6 Å². The van der Waals surface area contributed by atoms with E-state index in [4.69, 9.17) is 21.1 Å². The van der Waals surface area contributed by atoms with Gasteiger partial charge in [0, 0.05) is 26.1 Å². The molecule has 1 aromatic carbocycles. The van der Waals surface area contributed by atoms with Gasteiger partial charge in [0.2, 0.25) is 0 Å². The zero-order valence-corrected chi connectivity index (χ0v) is 12.4. The number of rotatable bonds is 6. The quantitative estimate of drug-likeness (QED) is 0.750. The fourth-order valence-corrected chi connectivity index (χ4v) is 2.99. The summed E-state index contributed by atoms with van der Waals surface area (Å²) in [7, 11) is 3.80. The molecular weight excluding hydrogens is 262 g/mol. The van der Waals surface area contributed by atoms with Gasteiger partial charge in [0.15, 0.2) is 0 Å². The van der Waals surface area contributed by atoms with Crippen molar-refractivity contribution in [1.29, 1.82) is 0 Å². The van der Waals surface area contributed by atoms with Crippen LogP contribution in [0.4, 0.5) is 0 Å². The van der Waals surface area contributed by atoms with E-state index < -0.39 is 0 Å². The lowest BCUT2D eigenvalue weighted by Crippen LogP contribution is -2.33. The molecule has 19 heavy (non-hydrogen) atoms. The molecule has 4 heteroatoms. The van der Waals surface area contributed by atoms with Crippen molar-refractivity contribution in [2.75, 3.05) is 40.5 Å². The summed E-state index contributed by atoms with van der Waals surface area (Å²) in [6.45, 7) is 3.25. The van der Waals surface area contributed by atoms with Crippen molar-refractivity contribution >= 4 is 11.6 Å². The molecule has 3 nitrogen and oxygen atoms in total. The highest BCUT2D eigenvalue weighted by Gasteiger charge is 2.22. The fraction of sp³-hybridized carbons (Fsp3) is 0.600. The molecule has 1 heterocycles. The summed E-state index contributed by atoms with van der Waals surface area (Å²) in [6.07, 6.45) is 1.07. The molecule has 0 saturated carbocycles. The van der Waals surface area contributed by atoms with E-state index in [1.165, 1.54) is 5.56 Å². The third-order valence-electron chi connectivity index (χ3n) is 3.47. The highest BCUT2D eigenvalue weighted by atomic mass is 35.5. The number of benzene rings is 1. The highest BCUT2D eigenvalue weighted by molar-refractivity contribution is 6.20. The van der Waals surface area contributed by atoms with Gasteiger partial charge >= 0.3 is 0 Å². The summed E-state index contributed by atoms with van der Waals surface area (Å²) in [4.78, 5) is 2.28. The number of likely N-dealkylation sites (N-methyl/N-ethyl adjacent to an activating group) is 1. The van der Waals surface area contributed by atoms with Crippen molar-refractivity contribution in [3.05, 3.63) is 29.8 Å². The molecule has 0 aliphatic carbocycles. The highest BCUT2D eigenvalue weighted by Crippen LogP contribution is 2.33. The van der Waals surface area contributed by atoms with Gasteiger partial charge in [0.25, 0.3) is 0 Å². The normalized spacial score (nSPS) is 19.9. The lowest BCUT2D eigenvalue weighted by Gasteiger charge is -2.30. The van der Waals surface area contributed by atoms with E-state index in [0.717, 1.165) is 31.9 Å². The van der Waals surface area contributed by atoms with Crippen LogP contribution in [0.15, 0.2) is 24.3 Å². The number of alkyl halides is 1. The zero-order valence-electron chi connectivity index (χ0n) is 11.6. The molecule has 2 rings (SSSR count). The Balaban J connectivity index is 1.93. The zero-order chi connectivity index (χ0) is 13.7. The number of ether oxygens (including phenoxy) is 2. The average molecular weight is 284 g/mol. The Morgan fingerprint density at radius 3 is 3.05 bits per heavy atom. The van der Waals surface area contributed by atoms with Crippen molar-refractivity contribution in [2.24, 2.45) is 0 Å². The van der Waals surface area contributed by atoms with Crippen LogP contribution >= 0.6 is 11.6 Å². The van der Waals surface area contributed by atoms with Crippen LogP contribution in [-0.4, -0.2) is 50.7 Å². The second kappa shape index (κ2) is 7.13. The summed E-state index contributed by atoms with van der Waals surface area (Å²) in [5.41, 5.74) is 1.32. The van der Waals surface area contributed by atoms with E-state index in [-0.39, 0.29) is 5.38 Å². The number of hydrogen-bond acceptors (Lipinski definition) is 3. The van der Waals surface area contributed by atoms with Crippen molar-refractivity contribution in [1.82, 2.24) is 4.90 Å². The molecule has 1 aromatic rings. The third-order valence-corrected chi connectivity index (χ3v) is 3.74. The third kappa shape index (κ3) is 4.10. The number of nitrogens with zero attached hydrogens (tertiary/aromatic N) is 1. The van der Waals surface area contributed by atoms with Crippen molar-refractivity contribution in [3.63, 3.8) is 0 Å². The van der Waals surface area contributed by atoms with Crippen LogP contribution < -0.4 is 4.74 Å². The SMILES string of the molecule is COCC(Cl)CN(C)CC1CCOc2ccccc21. The summed E-state index contributed by atoms with van der Waals surface area (Å²) in [6, 6.07) is 8.32. The van der Waals surface area contributed by atoms with Gasteiger partial charge in [0.1, 0.15) is 5.75 Å². The van der Waals surface area contributed by atoms with Crippen molar-refractivity contribution in [3.8, 4) is 5.75 Å². The van der Waals surface area contributed by atoms with Crippen LogP contribution in [-0.2, 0) is 4.74 Å². The number of methoxy groups -OCH3 is 1. The fourth-order valence-electron chi connectivity index (χ4n) is 2.63. The van der Waals surface area contributed by atoms with Gasteiger partial charge in [-0.3, -0.25) is 0 Å². The van der Waals surface area contributed by atoms with E-state index in [2.05, 4.69) is 30.1 Å². The second-order valence-electron chi connectivity index (χ2n) is 5.15. The number of para-hydroxylation sites is 1. The van der Waals surface area contributed by atoms with E-state index in [1.807, 2.05) is 6.07 Å². The Kier molecular flexibility index (Phi) is 5.49. The maximum Gasteiger partial charge on any atom is 0.122 e. The lowest BCUT2D eigenvalue weighted by atomic mass is 9.92. The standard InChI is InChI=1S/C15H22ClNO2/c1-17(10-13(16)11-18-2)9-12-7-8-19-15-6-4-3-5-14(12)15/h3-6,12-13H,7-11H2,1-2H3. The lowest BCUT2D eigenvalue weighted by molar-refractivity contribution is 0.176. The Bertz CT molecular complexity index is 399. The second-order valence-corrected chi connectivity index (χ2v) is 5.76. The molecule has 0 aromatic heterocycles.